The molecule has 0 saturated carbocycles. The quantitative estimate of drug-likeness (QED) is 0.782. The van der Waals surface area contributed by atoms with Crippen molar-refractivity contribution in [1.29, 1.82) is 0 Å². The van der Waals surface area contributed by atoms with E-state index in [1.54, 1.807) is 6.07 Å². The van der Waals surface area contributed by atoms with Gasteiger partial charge in [-0.2, -0.15) is 0 Å². The molecular formula is C14H15BrClNO2. The van der Waals surface area contributed by atoms with E-state index in [-0.39, 0.29) is 11.3 Å². The van der Waals surface area contributed by atoms with Crippen molar-refractivity contribution in [3.63, 3.8) is 0 Å². The van der Waals surface area contributed by atoms with Crippen molar-refractivity contribution in [2.45, 2.75) is 12.8 Å². The van der Waals surface area contributed by atoms with Crippen molar-refractivity contribution in [2.24, 2.45) is 5.41 Å². The number of rotatable bonds is 1. The maximum Gasteiger partial charge on any atom is 0.255 e. The molecule has 3 nitrogen and oxygen atoms in total. The Balaban J connectivity index is 1.80. The minimum Gasteiger partial charge on any atom is -0.381 e. The standard InChI is InChI=1S/C14H15BrClNO2/c15-11-3-1-2-10(12(11)16)13(18)17-6-4-14(8-17)5-7-19-9-14/h1-3H,4-9H2. The molecule has 0 radical (unpaired) electrons. The predicted octanol–water partition coefficient (Wildman–Crippen LogP) is 3.36. The lowest BCUT2D eigenvalue weighted by atomic mass is 9.87. The number of ether oxygens (including phenoxy) is 1. The van der Waals surface area contributed by atoms with Gasteiger partial charge in [-0.15, -0.1) is 0 Å². The first-order valence-corrected chi connectivity index (χ1v) is 7.59. The first-order valence-electron chi connectivity index (χ1n) is 6.42. The fraction of sp³-hybridized carbons (Fsp3) is 0.500. The SMILES string of the molecule is O=C(c1cccc(Br)c1Cl)N1CCC2(CCOC2)C1. The number of benzene rings is 1. The zero-order valence-corrected chi connectivity index (χ0v) is 12.8. The van der Waals surface area contributed by atoms with Crippen LogP contribution in [0, 0.1) is 5.41 Å². The zero-order valence-electron chi connectivity index (χ0n) is 10.5. The van der Waals surface area contributed by atoms with Gasteiger partial charge in [0.25, 0.3) is 5.91 Å². The van der Waals surface area contributed by atoms with Gasteiger partial charge in [-0.25, -0.2) is 0 Å². The normalized spacial score (nSPS) is 26.3. The molecule has 0 N–H and O–H groups in total. The van der Waals surface area contributed by atoms with Gasteiger partial charge < -0.3 is 9.64 Å². The highest BCUT2D eigenvalue weighted by molar-refractivity contribution is 9.10. The van der Waals surface area contributed by atoms with Gasteiger partial charge in [0.05, 0.1) is 17.2 Å². The summed E-state index contributed by atoms with van der Waals surface area (Å²) < 4.78 is 6.25. The average Bonchev–Trinajstić information content (AvgIpc) is 3.03. The molecule has 19 heavy (non-hydrogen) atoms. The minimum atomic E-state index is 0.0232. The van der Waals surface area contributed by atoms with Crippen molar-refractivity contribution >= 4 is 33.4 Å². The summed E-state index contributed by atoms with van der Waals surface area (Å²) in [5.41, 5.74) is 0.765. The Kier molecular flexibility index (Phi) is 3.58. The molecule has 2 fully saturated rings. The predicted molar refractivity (Wildman–Crippen MR) is 77.5 cm³/mol. The van der Waals surface area contributed by atoms with Gasteiger partial charge in [-0.3, -0.25) is 4.79 Å². The summed E-state index contributed by atoms with van der Waals surface area (Å²) in [6.45, 7) is 3.18. The van der Waals surface area contributed by atoms with E-state index in [1.165, 1.54) is 0 Å². The third-order valence-electron chi connectivity index (χ3n) is 4.09. The van der Waals surface area contributed by atoms with Crippen LogP contribution in [0.15, 0.2) is 22.7 Å². The molecule has 1 aromatic carbocycles. The molecule has 0 aromatic heterocycles. The van der Waals surface area contributed by atoms with Crippen LogP contribution in [-0.2, 0) is 4.74 Å². The van der Waals surface area contributed by atoms with Gasteiger partial charge >= 0.3 is 0 Å². The molecule has 0 aliphatic carbocycles. The Bertz CT molecular complexity index is 514. The van der Waals surface area contributed by atoms with Crippen LogP contribution in [-0.4, -0.2) is 37.1 Å². The van der Waals surface area contributed by atoms with E-state index in [4.69, 9.17) is 16.3 Å². The lowest BCUT2D eigenvalue weighted by Gasteiger charge is -2.22. The van der Waals surface area contributed by atoms with E-state index >= 15 is 0 Å². The van der Waals surface area contributed by atoms with Crippen molar-refractivity contribution in [3.8, 4) is 0 Å². The van der Waals surface area contributed by atoms with Crippen LogP contribution < -0.4 is 0 Å². The highest BCUT2D eigenvalue weighted by atomic mass is 79.9. The highest BCUT2D eigenvalue weighted by Gasteiger charge is 2.43. The van der Waals surface area contributed by atoms with Crippen molar-refractivity contribution < 1.29 is 9.53 Å². The third-order valence-corrected chi connectivity index (χ3v) is 5.39. The summed E-state index contributed by atoms with van der Waals surface area (Å²) in [5.74, 6) is 0.0232. The molecular weight excluding hydrogens is 330 g/mol. The number of amides is 1. The van der Waals surface area contributed by atoms with Crippen LogP contribution in [0.3, 0.4) is 0 Å². The van der Waals surface area contributed by atoms with Crippen LogP contribution in [0.4, 0.5) is 0 Å². The summed E-state index contributed by atoms with van der Waals surface area (Å²) in [7, 11) is 0. The molecule has 1 spiro atoms. The van der Waals surface area contributed by atoms with Gasteiger partial charge in [0.1, 0.15) is 0 Å². The second kappa shape index (κ2) is 5.08. The molecule has 1 amide bonds. The van der Waals surface area contributed by atoms with Gasteiger partial charge in [0.15, 0.2) is 0 Å². The summed E-state index contributed by atoms with van der Waals surface area (Å²) in [6.07, 6.45) is 2.09. The number of carbonyl (C=O) groups is 1. The smallest absolute Gasteiger partial charge is 0.255 e. The molecule has 1 atom stereocenters. The van der Waals surface area contributed by atoms with Crippen LogP contribution in [0.1, 0.15) is 23.2 Å². The van der Waals surface area contributed by atoms with E-state index in [0.717, 1.165) is 43.6 Å². The zero-order chi connectivity index (χ0) is 13.5. The van der Waals surface area contributed by atoms with Crippen LogP contribution in [0.2, 0.25) is 5.02 Å². The first-order chi connectivity index (χ1) is 9.11. The maximum absolute atomic E-state index is 12.5. The Morgan fingerprint density at radius 1 is 1.42 bits per heavy atom. The number of nitrogens with zero attached hydrogens (tertiary/aromatic N) is 1. The summed E-state index contributed by atoms with van der Waals surface area (Å²) in [4.78, 5) is 14.4. The highest BCUT2D eigenvalue weighted by Crippen LogP contribution is 2.39. The van der Waals surface area contributed by atoms with Crippen LogP contribution in [0.5, 0.6) is 0 Å². The molecule has 2 heterocycles. The summed E-state index contributed by atoms with van der Waals surface area (Å²) in [5, 5.41) is 0.496. The van der Waals surface area contributed by atoms with E-state index < -0.39 is 0 Å². The fourth-order valence-electron chi connectivity index (χ4n) is 2.92. The number of carbonyl (C=O) groups excluding carboxylic acids is 1. The van der Waals surface area contributed by atoms with Crippen molar-refractivity contribution in [3.05, 3.63) is 33.3 Å². The first kappa shape index (κ1) is 13.4. The van der Waals surface area contributed by atoms with Crippen LogP contribution in [0.25, 0.3) is 0 Å². The summed E-state index contributed by atoms with van der Waals surface area (Å²) >= 11 is 9.56. The van der Waals surface area contributed by atoms with Crippen molar-refractivity contribution in [2.75, 3.05) is 26.3 Å². The van der Waals surface area contributed by atoms with Gasteiger partial charge in [0, 0.05) is 29.6 Å². The summed E-state index contributed by atoms with van der Waals surface area (Å²) in [6, 6.07) is 5.47. The minimum absolute atomic E-state index is 0.0232. The second-order valence-corrected chi connectivity index (χ2v) is 6.61. The topological polar surface area (TPSA) is 29.5 Å². The maximum atomic E-state index is 12.5. The molecule has 2 saturated heterocycles. The van der Waals surface area contributed by atoms with Gasteiger partial charge in [-0.05, 0) is 40.9 Å². The average molecular weight is 345 g/mol. The number of hydrogen-bond acceptors (Lipinski definition) is 2. The Morgan fingerprint density at radius 3 is 3.00 bits per heavy atom. The van der Waals surface area contributed by atoms with Gasteiger partial charge in [-0.1, -0.05) is 17.7 Å². The second-order valence-electron chi connectivity index (χ2n) is 5.38. The molecule has 0 bridgehead atoms. The molecule has 2 aliphatic heterocycles. The van der Waals surface area contributed by atoms with Gasteiger partial charge in [0.2, 0.25) is 0 Å². The lowest BCUT2D eigenvalue weighted by Crippen LogP contribution is -2.32. The Labute approximate surface area is 126 Å². The van der Waals surface area contributed by atoms with E-state index in [2.05, 4.69) is 15.9 Å². The van der Waals surface area contributed by atoms with E-state index in [9.17, 15) is 4.79 Å². The van der Waals surface area contributed by atoms with Crippen molar-refractivity contribution in [1.82, 2.24) is 4.90 Å². The fourth-order valence-corrected chi connectivity index (χ4v) is 3.49. The monoisotopic (exact) mass is 343 g/mol. The third kappa shape index (κ3) is 2.41. The Hall–Kier alpha value is -0.580. The molecule has 1 aromatic rings. The molecule has 3 rings (SSSR count). The molecule has 5 heteroatoms. The lowest BCUT2D eigenvalue weighted by molar-refractivity contribution is 0.0766. The number of hydrogen-bond donors (Lipinski definition) is 0. The van der Waals surface area contributed by atoms with E-state index in [0.29, 0.717) is 10.6 Å². The van der Waals surface area contributed by atoms with E-state index in [1.807, 2.05) is 17.0 Å². The number of halogens is 2. The molecule has 1 unspecified atom stereocenters. The number of likely N-dealkylation sites (tertiary alicyclic amines) is 1. The molecule has 2 aliphatic rings. The largest absolute Gasteiger partial charge is 0.381 e. The van der Waals surface area contributed by atoms with Crippen LogP contribution >= 0.6 is 27.5 Å². The molecule has 102 valence electrons. The Morgan fingerprint density at radius 2 is 2.26 bits per heavy atom.